The summed E-state index contributed by atoms with van der Waals surface area (Å²) in [6, 6.07) is 20.8. The van der Waals surface area contributed by atoms with Crippen LogP contribution in [0, 0.1) is 0 Å². The summed E-state index contributed by atoms with van der Waals surface area (Å²) < 4.78 is 0. The molecule has 0 amide bonds. The second-order valence-corrected chi connectivity index (χ2v) is 3.96. The molecule has 0 fully saturated rings. The van der Waals surface area contributed by atoms with Crippen molar-refractivity contribution in [2.24, 2.45) is 5.90 Å². The first-order valence-corrected chi connectivity index (χ1v) is 6.30. The van der Waals surface area contributed by atoms with E-state index in [0.29, 0.717) is 6.61 Å². The molecule has 0 aliphatic heterocycles. The fourth-order valence-electron chi connectivity index (χ4n) is 1.49. The SMILES string of the molecule is CCCCON.[NaH].[NaH].c1ccc(-c2ccccc2)cc1. The molecule has 2 aromatic rings. The Hall–Kier alpha value is 0.360. The van der Waals surface area contributed by atoms with Crippen LogP contribution < -0.4 is 5.90 Å². The van der Waals surface area contributed by atoms with E-state index in [9.17, 15) is 0 Å². The summed E-state index contributed by atoms with van der Waals surface area (Å²) in [6.45, 7) is 2.79. The van der Waals surface area contributed by atoms with Gasteiger partial charge in [-0.25, -0.2) is 5.90 Å². The zero-order chi connectivity index (χ0) is 13.1. The monoisotopic (exact) mass is 291 g/mol. The van der Waals surface area contributed by atoms with Crippen molar-refractivity contribution in [2.45, 2.75) is 19.8 Å². The first-order chi connectivity index (χ1) is 8.88. The van der Waals surface area contributed by atoms with Crippen LogP contribution in [0.15, 0.2) is 60.7 Å². The fraction of sp³-hybridized carbons (Fsp3) is 0.250. The molecule has 0 saturated heterocycles. The molecule has 2 aromatic carbocycles. The molecule has 0 radical (unpaired) electrons. The van der Waals surface area contributed by atoms with Crippen LogP contribution in [0.2, 0.25) is 0 Å². The standard InChI is InChI=1S/C12H10.C4H11NO.2Na.2H/c1-3-7-11(8-4-1)12-9-5-2-6-10-12;1-2-3-4-6-5;;;;/h1-10H;2-5H2,1H3;;;;. The first-order valence-electron chi connectivity index (χ1n) is 6.30. The Morgan fingerprint density at radius 3 is 1.45 bits per heavy atom. The van der Waals surface area contributed by atoms with Crippen molar-refractivity contribution >= 4 is 59.1 Å². The van der Waals surface area contributed by atoms with Crippen LogP contribution in [0.5, 0.6) is 0 Å². The molecule has 0 aliphatic rings. The number of nitrogens with two attached hydrogens (primary N) is 1. The van der Waals surface area contributed by atoms with E-state index in [1.165, 1.54) is 11.1 Å². The van der Waals surface area contributed by atoms with Gasteiger partial charge in [0.15, 0.2) is 0 Å². The Morgan fingerprint density at radius 2 is 1.20 bits per heavy atom. The number of benzene rings is 2. The van der Waals surface area contributed by atoms with Crippen molar-refractivity contribution in [3.63, 3.8) is 0 Å². The van der Waals surface area contributed by atoms with E-state index < -0.39 is 0 Å². The Balaban J connectivity index is 0. The molecule has 20 heavy (non-hydrogen) atoms. The van der Waals surface area contributed by atoms with Gasteiger partial charge in [0.05, 0.1) is 6.61 Å². The zero-order valence-electron chi connectivity index (χ0n) is 10.9. The molecule has 0 spiro atoms. The van der Waals surface area contributed by atoms with Crippen molar-refractivity contribution < 1.29 is 4.84 Å². The Morgan fingerprint density at radius 1 is 0.800 bits per heavy atom. The number of unbranched alkanes of at least 4 members (excludes halogenated alkanes) is 1. The van der Waals surface area contributed by atoms with Crippen LogP contribution in [-0.4, -0.2) is 65.7 Å². The molecule has 0 aromatic heterocycles. The summed E-state index contributed by atoms with van der Waals surface area (Å²) in [6.07, 6.45) is 2.22. The topological polar surface area (TPSA) is 35.2 Å². The first kappa shape index (κ1) is 22.6. The van der Waals surface area contributed by atoms with Gasteiger partial charge in [-0.15, -0.1) is 0 Å². The molecular weight excluding hydrogens is 268 g/mol. The largest absolute Gasteiger partial charge is 0.0622 e. The van der Waals surface area contributed by atoms with Crippen LogP contribution in [0.25, 0.3) is 11.1 Å². The summed E-state index contributed by atoms with van der Waals surface area (Å²) in [5.74, 6) is 4.71. The normalized spacial score (nSPS) is 8.50. The van der Waals surface area contributed by atoms with Crippen LogP contribution in [0.3, 0.4) is 0 Å². The van der Waals surface area contributed by atoms with Gasteiger partial charge >= 0.3 is 59.1 Å². The van der Waals surface area contributed by atoms with E-state index in [2.05, 4.69) is 60.3 Å². The van der Waals surface area contributed by atoms with Crippen molar-refractivity contribution in [3.8, 4) is 11.1 Å². The molecule has 2 nitrogen and oxygen atoms in total. The van der Waals surface area contributed by atoms with Crippen LogP contribution in [0.1, 0.15) is 19.8 Å². The van der Waals surface area contributed by atoms with E-state index in [0.717, 1.165) is 12.8 Å². The summed E-state index contributed by atoms with van der Waals surface area (Å²) in [4.78, 5) is 4.28. The van der Waals surface area contributed by atoms with Crippen LogP contribution in [0.4, 0.5) is 0 Å². The average molecular weight is 291 g/mol. The Kier molecular flexibility index (Phi) is 17.8. The molecule has 0 heterocycles. The van der Waals surface area contributed by atoms with Gasteiger partial charge in [0.2, 0.25) is 0 Å². The smallest absolute Gasteiger partial charge is 0.0184 e. The third-order valence-corrected chi connectivity index (χ3v) is 2.50. The Labute approximate surface area is 166 Å². The van der Waals surface area contributed by atoms with Gasteiger partial charge in [-0.3, -0.25) is 0 Å². The average Bonchev–Trinajstić information content (AvgIpc) is 2.48. The van der Waals surface area contributed by atoms with Gasteiger partial charge in [0.1, 0.15) is 0 Å². The number of rotatable bonds is 4. The molecule has 4 heteroatoms. The molecule has 0 atom stereocenters. The predicted molar refractivity (Wildman–Crippen MR) is 91.2 cm³/mol. The maximum Gasteiger partial charge on any atom is -0.0184 e. The minimum atomic E-state index is 0. The minimum Gasteiger partial charge on any atom is -0.0622 e. The Bertz CT molecular complexity index is 368. The van der Waals surface area contributed by atoms with Crippen molar-refractivity contribution in [2.75, 3.05) is 6.61 Å². The van der Waals surface area contributed by atoms with Gasteiger partial charge in [0.25, 0.3) is 0 Å². The van der Waals surface area contributed by atoms with Crippen molar-refractivity contribution in [1.29, 1.82) is 0 Å². The van der Waals surface area contributed by atoms with E-state index >= 15 is 0 Å². The molecule has 100 valence electrons. The van der Waals surface area contributed by atoms with Gasteiger partial charge in [-0.05, 0) is 17.5 Å². The molecule has 0 aliphatic carbocycles. The van der Waals surface area contributed by atoms with Crippen molar-refractivity contribution in [3.05, 3.63) is 60.7 Å². The maximum atomic E-state index is 4.71. The third-order valence-electron chi connectivity index (χ3n) is 2.50. The zero-order valence-corrected chi connectivity index (χ0v) is 10.9. The van der Waals surface area contributed by atoms with Gasteiger partial charge in [-0.2, -0.15) is 0 Å². The van der Waals surface area contributed by atoms with Gasteiger partial charge < -0.3 is 4.84 Å². The quantitative estimate of drug-likeness (QED) is 0.534. The second kappa shape index (κ2) is 15.7. The van der Waals surface area contributed by atoms with Crippen LogP contribution >= 0.6 is 0 Å². The third kappa shape index (κ3) is 10.1. The number of hydrogen-bond donors (Lipinski definition) is 1. The molecule has 2 N–H and O–H groups in total. The van der Waals surface area contributed by atoms with E-state index in [1.54, 1.807) is 0 Å². The second-order valence-electron chi connectivity index (χ2n) is 3.96. The summed E-state index contributed by atoms with van der Waals surface area (Å²) in [5.41, 5.74) is 2.55. The van der Waals surface area contributed by atoms with Gasteiger partial charge in [-0.1, -0.05) is 74.0 Å². The molecule has 0 saturated carbocycles. The van der Waals surface area contributed by atoms with Gasteiger partial charge in [0, 0.05) is 0 Å². The predicted octanol–water partition coefficient (Wildman–Crippen LogP) is 2.73. The fourth-order valence-corrected chi connectivity index (χ4v) is 1.49. The minimum absolute atomic E-state index is 0. The van der Waals surface area contributed by atoms with E-state index in [4.69, 9.17) is 5.90 Å². The summed E-state index contributed by atoms with van der Waals surface area (Å²) >= 11 is 0. The number of hydrogen-bond acceptors (Lipinski definition) is 2. The maximum absolute atomic E-state index is 4.71. The summed E-state index contributed by atoms with van der Waals surface area (Å²) in [5, 5.41) is 0. The summed E-state index contributed by atoms with van der Waals surface area (Å²) in [7, 11) is 0. The van der Waals surface area contributed by atoms with E-state index in [1.807, 2.05) is 12.1 Å². The van der Waals surface area contributed by atoms with Crippen molar-refractivity contribution in [1.82, 2.24) is 0 Å². The molecular formula is C16H23NNa2O. The molecule has 0 bridgehead atoms. The molecule has 0 unspecified atom stereocenters. The van der Waals surface area contributed by atoms with E-state index in [-0.39, 0.29) is 59.1 Å². The molecule has 2 rings (SSSR count). The van der Waals surface area contributed by atoms with Crippen LogP contribution in [-0.2, 0) is 4.84 Å².